The van der Waals surface area contributed by atoms with Crippen LogP contribution in [-0.4, -0.2) is 26.1 Å². The van der Waals surface area contributed by atoms with Crippen molar-refractivity contribution in [1.29, 1.82) is 0 Å². The smallest absolute Gasteiger partial charge is 0.270 e. The summed E-state index contributed by atoms with van der Waals surface area (Å²) in [6.45, 7) is 2.52. The molecule has 4 rings (SSSR count). The Morgan fingerprint density at radius 1 is 1.06 bits per heavy atom. The molecule has 0 radical (unpaired) electrons. The van der Waals surface area contributed by atoms with Gasteiger partial charge < -0.3 is 9.88 Å². The number of nitrogens with zero attached hydrogens (tertiary/aromatic N) is 3. The predicted molar refractivity (Wildman–Crippen MR) is 130 cm³/mol. The summed E-state index contributed by atoms with van der Waals surface area (Å²) in [6, 6.07) is 24.0. The number of nitro benzene ring substituents is 1. The fourth-order valence-corrected chi connectivity index (χ4v) is 4.14. The number of imidazole rings is 1. The summed E-state index contributed by atoms with van der Waals surface area (Å²) in [7, 11) is 0. The standard InChI is InChI=1S/C25H22N4O3S/c1-18-10-12-21(13-11-18)27-24(30)17-33-25-26-15-23(20-8-5-9-22(14-20)29(31)32)28(25)16-19-6-3-2-4-7-19/h2-15H,16-17H2,1H3,(H,27,30). The van der Waals surface area contributed by atoms with Crippen LogP contribution < -0.4 is 5.32 Å². The van der Waals surface area contributed by atoms with Crippen LogP contribution in [0, 0.1) is 17.0 Å². The van der Waals surface area contributed by atoms with E-state index < -0.39 is 4.92 Å². The second-order valence-electron chi connectivity index (χ2n) is 7.51. The zero-order valence-corrected chi connectivity index (χ0v) is 18.8. The van der Waals surface area contributed by atoms with Gasteiger partial charge in [-0.05, 0) is 24.6 Å². The molecule has 3 aromatic carbocycles. The highest BCUT2D eigenvalue weighted by Gasteiger charge is 2.16. The van der Waals surface area contributed by atoms with Crippen LogP contribution in [0.4, 0.5) is 11.4 Å². The molecule has 1 heterocycles. The average molecular weight is 459 g/mol. The molecule has 0 atom stereocenters. The molecule has 4 aromatic rings. The SMILES string of the molecule is Cc1ccc(NC(=O)CSc2ncc(-c3cccc([N+](=O)[O-])c3)n2Cc2ccccc2)cc1. The normalized spacial score (nSPS) is 10.7. The van der Waals surface area contributed by atoms with Gasteiger partial charge in [0.15, 0.2) is 5.16 Å². The van der Waals surface area contributed by atoms with Crippen LogP contribution >= 0.6 is 11.8 Å². The van der Waals surface area contributed by atoms with Crippen molar-refractivity contribution in [3.8, 4) is 11.3 Å². The molecule has 1 N–H and O–H groups in total. The molecule has 0 spiro atoms. The number of benzene rings is 3. The summed E-state index contributed by atoms with van der Waals surface area (Å²) in [5, 5.41) is 14.8. The van der Waals surface area contributed by atoms with Crippen molar-refractivity contribution in [3.05, 3.63) is 106 Å². The number of nitro groups is 1. The van der Waals surface area contributed by atoms with E-state index in [0.717, 1.165) is 22.5 Å². The summed E-state index contributed by atoms with van der Waals surface area (Å²) in [4.78, 5) is 27.9. The molecule has 0 bridgehead atoms. The second-order valence-corrected chi connectivity index (χ2v) is 8.45. The maximum Gasteiger partial charge on any atom is 0.270 e. The maximum absolute atomic E-state index is 12.5. The van der Waals surface area contributed by atoms with Crippen molar-refractivity contribution >= 4 is 29.0 Å². The van der Waals surface area contributed by atoms with Crippen LogP contribution in [0.5, 0.6) is 0 Å². The molecule has 1 amide bonds. The van der Waals surface area contributed by atoms with Gasteiger partial charge in [-0.25, -0.2) is 4.98 Å². The third kappa shape index (κ3) is 5.67. The van der Waals surface area contributed by atoms with Crippen LogP contribution in [0.1, 0.15) is 11.1 Å². The van der Waals surface area contributed by atoms with Gasteiger partial charge in [0.25, 0.3) is 5.69 Å². The summed E-state index contributed by atoms with van der Waals surface area (Å²) in [5.41, 5.74) is 4.41. The molecule has 1 aromatic heterocycles. The van der Waals surface area contributed by atoms with E-state index in [4.69, 9.17) is 0 Å². The van der Waals surface area contributed by atoms with Crippen LogP contribution in [0.2, 0.25) is 0 Å². The van der Waals surface area contributed by atoms with Crippen molar-refractivity contribution < 1.29 is 9.72 Å². The molecule has 0 aliphatic rings. The van der Waals surface area contributed by atoms with Gasteiger partial charge in [0.1, 0.15) is 0 Å². The number of carbonyl (C=O) groups is 1. The summed E-state index contributed by atoms with van der Waals surface area (Å²) in [5.74, 6) is 0.0589. The Bertz CT molecular complexity index is 1270. The number of hydrogen-bond acceptors (Lipinski definition) is 5. The van der Waals surface area contributed by atoms with Crippen molar-refractivity contribution in [2.45, 2.75) is 18.6 Å². The maximum atomic E-state index is 12.5. The van der Waals surface area contributed by atoms with E-state index >= 15 is 0 Å². The number of nitrogens with one attached hydrogen (secondary N) is 1. The van der Waals surface area contributed by atoms with E-state index in [1.54, 1.807) is 12.3 Å². The van der Waals surface area contributed by atoms with Crippen LogP contribution in [0.3, 0.4) is 0 Å². The number of aryl methyl sites for hydroxylation is 1. The van der Waals surface area contributed by atoms with Gasteiger partial charge in [-0.3, -0.25) is 14.9 Å². The number of amides is 1. The fourth-order valence-electron chi connectivity index (χ4n) is 3.37. The Morgan fingerprint density at radius 3 is 2.55 bits per heavy atom. The van der Waals surface area contributed by atoms with Gasteiger partial charge in [0.2, 0.25) is 5.91 Å². The number of hydrogen-bond donors (Lipinski definition) is 1. The number of aromatic nitrogens is 2. The van der Waals surface area contributed by atoms with Gasteiger partial charge in [0, 0.05) is 23.4 Å². The number of thioether (sulfide) groups is 1. The largest absolute Gasteiger partial charge is 0.325 e. The van der Waals surface area contributed by atoms with E-state index in [0.29, 0.717) is 17.3 Å². The summed E-state index contributed by atoms with van der Waals surface area (Å²) < 4.78 is 1.98. The minimum atomic E-state index is -0.410. The lowest BCUT2D eigenvalue weighted by molar-refractivity contribution is -0.384. The third-order valence-electron chi connectivity index (χ3n) is 5.02. The second kappa shape index (κ2) is 10.1. The van der Waals surface area contributed by atoms with E-state index in [-0.39, 0.29) is 17.3 Å². The van der Waals surface area contributed by atoms with Gasteiger partial charge >= 0.3 is 0 Å². The van der Waals surface area contributed by atoms with Crippen molar-refractivity contribution in [2.75, 3.05) is 11.1 Å². The average Bonchev–Trinajstić information content (AvgIpc) is 3.22. The molecule has 0 unspecified atom stereocenters. The predicted octanol–water partition coefficient (Wildman–Crippen LogP) is 5.55. The van der Waals surface area contributed by atoms with Crippen molar-refractivity contribution in [3.63, 3.8) is 0 Å². The van der Waals surface area contributed by atoms with Gasteiger partial charge in [-0.2, -0.15) is 0 Å². The lowest BCUT2D eigenvalue weighted by atomic mass is 10.1. The van der Waals surface area contributed by atoms with Gasteiger partial charge in [0.05, 0.1) is 29.1 Å². The fraction of sp³-hybridized carbons (Fsp3) is 0.120. The van der Waals surface area contributed by atoms with E-state index in [9.17, 15) is 14.9 Å². The molecule has 0 aliphatic heterocycles. The number of anilines is 1. The van der Waals surface area contributed by atoms with E-state index in [1.807, 2.05) is 72.2 Å². The Kier molecular flexibility index (Phi) is 6.85. The highest BCUT2D eigenvalue weighted by molar-refractivity contribution is 7.99. The molecule has 8 heteroatoms. The molecule has 7 nitrogen and oxygen atoms in total. The summed E-state index contributed by atoms with van der Waals surface area (Å²) >= 11 is 1.33. The molecule has 33 heavy (non-hydrogen) atoms. The highest BCUT2D eigenvalue weighted by Crippen LogP contribution is 2.29. The highest BCUT2D eigenvalue weighted by atomic mass is 32.2. The number of rotatable bonds is 8. The lowest BCUT2D eigenvalue weighted by Gasteiger charge is -2.12. The first-order valence-corrected chi connectivity index (χ1v) is 11.3. The molecular weight excluding hydrogens is 436 g/mol. The Labute approximate surface area is 195 Å². The van der Waals surface area contributed by atoms with Gasteiger partial charge in [-0.15, -0.1) is 0 Å². The monoisotopic (exact) mass is 458 g/mol. The molecular formula is C25H22N4O3S. The minimum Gasteiger partial charge on any atom is -0.325 e. The zero-order valence-electron chi connectivity index (χ0n) is 18.0. The first-order valence-electron chi connectivity index (χ1n) is 10.3. The van der Waals surface area contributed by atoms with Crippen molar-refractivity contribution in [1.82, 2.24) is 9.55 Å². The Balaban J connectivity index is 1.58. The molecule has 0 aliphatic carbocycles. The van der Waals surface area contributed by atoms with Crippen molar-refractivity contribution in [2.24, 2.45) is 0 Å². The number of non-ortho nitro benzene ring substituents is 1. The molecule has 166 valence electrons. The van der Waals surface area contributed by atoms with Crippen LogP contribution in [0.25, 0.3) is 11.3 Å². The van der Waals surface area contributed by atoms with Gasteiger partial charge in [-0.1, -0.05) is 71.9 Å². The van der Waals surface area contributed by atoms with E-state index in [1.165, 1.54) is 23.9 Å². The topological polar surface area (TPSA) is 90.1 Å². The minimum absolute atomic E-state index is 0.0200. The van der Waals surface area contributed by atoms with Crippen LogP contribution in [0.15, 0.2) is 90.2 Å². The van der Waals surface area contributed by atoms with E-state index in [2.05, 4.69) is 10.3 Å². The Morgan fingerprint density at radius 2 is 1.82 bits per heavy atom. The molecule has 0 fully saturated rings. The third-order valence-corrected chi connectivity index (χ3v) is 6.01. The first kappa shape index (κ1) is 22.3. The molecule has 0 saturated carbocycles. The van der Waals surface area contributed by atoms with Crippen LogP contribution in [-0.2, 0) is 11.3 Å². The quantitative estimate of drug-likeness (QED) is 0.212. The number of carbonyl (C=O) groups excluding carboxylic acids is 1. The summed E-state index contributed by atoms with van der Waals surface area (Å²) in [6.07, 6.45) is 1.70. The molecule has 0 saturated heterocycles. The zero-order chi connectivity index (χ0) is 23.2. The first-order chi connectivity index (χ1) is 16.0. The lowest BCUT2D eigenvalue weighted by Crippen LogP contribution is -2.14. The Hall–Kier alpha value is -3.91.